The first kappa shape index (κ1) is 21.6. The summed E-state index contributed by atoms with van der Waals surface area (Å²) in [6, 6.07) is 40.0. The lowest BCUT2D eigenvalue weighted by Gasteiger charge is -2.42. The summed E-state index contributed by atoms with van der Waals surface area (Å²) >= 11 is 0. The van der Waals surface area contributed by atoms with Crippen molar-refractivity contribution in [2.75, 3.05) is 0 Å². The van der Waals surface area contributed by atoms with Crippen LogP contribution in [0.1, 0.15) is 40.2 Å². The lowest BCUT2D eigenvalue weighted by molar-refractivity contribution is 0.126. The van der Waals surface area contributed by atoms with Crippen molar-refractivity contribution in [3.05, 3.63) is 149 Å². The first-order chi connectivity index (χ1) is 16.2. The second kappa shape index (κ2) is 9.72. The van der Waals surface area contributed by atoms with Gasteiger partial charge in [0.2, 0.25) is 7.37 Å². The number of rotatable bonds is 5. The molecular formula is C29H26NO2P. The topological polar surface area (TPSA) is 38.3 Å². The van der Waals surface area contributed by atoms with Crippen molar-refractivity contribution >= 4 is 13.4 Å². The highest BCUT2D eigenvalue weighted by Gasteiger charge is 2.45. The Morgan fingerprint density at radius 1 is 0.636 bits per heavy atom. The zero-order valence-corrected chi connectivity index (χ0v) is 19.1. The van der Waals surface area contributed by atoms with Crippen molar-refractivity contribution in [2.45, 2.75) is 17.9 Å². The van der Waals surface area contributed by atoms with Crippen LogP contribution in [0.5, 0.6) is 0 Å². The Morgan fingerprint density at radius 3 is 1.70 bits per heavy atom. The fraction of sp³-hybridized carbons (Fsp3) is 0.103. The Bertz CT molecular complexity index is 1240. The molecule has 4 atom stereocenters. The van der Waals surface area contributed by atoms with Gasteiger partial charge in [0.05, 0.1) is 6.04 Å². The van der Waals surface area contributed by atoms with E-state index in [1.54, 1.807) is 5.82 Å². The van der Waals surface area contributed by atoms with Gasteiger partial charge in [-0.3, -0.25) is 9.88 Å². The summed E-state index contributed by atoms with van der Waals surface area (Å²) < 4.78 is 21.1. The number of hydrogen-bond acceptors (Lipinski definition) is 3. The Labute approximate surface area is 195 Å². The third-order valence-electron chi connectivity index (χ3n) is 5.95. The van der Waals surface area contributed by atoms with E-state index in [1.807, 2.05) is 115 Å². The van der Waals surface area contributed by atoms with Crippen molar-refractivity contribution in [3.8, 4) is 0 Å². The fourth-order valence-electron chi connectivity index (χ4n) is 4.30. The molecular weight excluding hydrogens is 425 g/mol. The van der Waals surface area contributed by atoms with Gasteiger partial charge in [-0.15, -0.1) is 0 Å². The van der Waals surface area contributed by atoms with Gasteiger partial charge in [-0.2, -0.15) is 0 Å². The molecule has 0 amide bonds. The SMILES string of the molecule is O=[P@@]1(/C=C/c2ccccc2)O[C@H](c2ccccc2)[C@H](c2ccccc2)N[C@@H]1c1ccccc1. The zero-order valence-electron chi connectivity index (χ0n) is 18.2. The van der Waals surface area contributed by atoms with Gasteiger partial charge in [0, 0.05) is 5.82 Å². The molecule has 1 fully saturated rings. The Balaban J connectivity index is 1.61. The Morgan fingerprint density at radius 2 is 1.12 bits per heavy atom. The summed E-state index contributed by atoms with van der Waals surface area (Å²) in [5, 5.41) is 3.72. The van der Waals surface area contributed by atoms with Gasteiger partial charge in [0.1, 0.15) is 11.9 Å². The number of hydrogen-bond donors (Lipinski definition) is 1. The standard InChI is InChI=1S/C29H26NO2P/c31-33(22-21-23-13-5-1-6-14-23)29(26-19-11-4-12-20-26)30-27(24-15-7-2-8-16-24)28(32-33)25-17-9-3-10-18-25/h1-22,27-30H/b22-21+/t27-,28+,29-,33-/m0/s1. The van der Waals surface area contributed by atoms with Gasteiger partial charge < -0.3 is 4.52 Å². The first-order valence-corrected chi connectivity index (χ1v) is 12.9. The van der Waals surface area contributed by atoms with Crippen LogP contribution in [0.4, 0.5) is 0 Å². The van der Waals surface area contributed by atoms with Gasteiger partial charge in [-0.05, 0) is 28.3 Å². The molecule has 0 aliphatic carbocycles. The molecule has 164 valence electrons. The molecule has 1 heterocycles. The van der Waals surface area contributed by atoms with Crippen LogP contribution in [-0.4, -0.2) is 0 Å². The smallest absolute Gasteiger partial charge is 0.246 e. The van der Waals surface area contributed by atoms with Crippen LogP contribution in [0.3, 0.4) is 0 Å². The predicted octanol–water partition coefficient (Wildman–Crippen LogP) is 7.74. The molecule has 1 N–H and O–H groups in total. The van der Waals surface area contributed by atoms with Crippen molar-refractivity contribution < 1.29 is 9.09 Å². The maximum absolute atomic E-state index is 14.5. The van der Waals surface area contributed by atoms with Crippen LogP contribution >= 0.6 is 7.37 Å². The molecule has 4 aromatic rings. The predicted molar refractivity (Wildman–Crippen MR) is 135 cm³/mol. The Kier molecular flexibility index (Phi) is 6.37. The summed E-state index contributed by atoms with van der Waals surface area (Å²) in [7, 11) is -3.28. The lowest BCUT2D eigenvalue weighted by atomic mass is 9.95. The average Bonchev–Trinajstić information content (AvgIpc) is 2.89. The molecule has 0 radical (unpaired) electrons. The largest absolute Gasteiger partial charge is 0.314 e. The average molecular weight is 452 g/mol. The minimum atomic E-state index is -3.28. The lowest BCUT2D eigenvalue weighted by Crippen LogP contribution is -2.36. The third kappa shape index (κ3) is 4.77. The minimum Gasteiger partial charge on any atom is -0.314 e. The van der Waals surface area contributed by atoms with E-state index in [1.165, 1.54) is 0 Å². The van der Waals surface area contributed by atoms with Crippen molar-refractivity contribution in [3.63, 3.8) is 0 Å². The highest BCUT2D eigenvalue weighted by molar-refractivity contribution is 7.62. The molecule has 4 aromatic carbocycles. The van der Waals surface area contributed by atoms with E-state index in [2.05, 4.69) is 17.4 Å². The minimum absolute atomic E-state index is 0.147. The number of benzene rings is 4. The molecule has 3 nitrogen and oxygen atoms in total. The van der Waals surface area contributed by atoms with E-state index >= 15 is 0 Å². The highest BCUT2D eigenvalue weighted by Crippen LogP contribution is 2.67. The van der Waals surface area contributed by atoms with Crippen LogP contribution in [0, 0.1) is 0 Å². The normalized spacial score (nSPS) is 25.2. The molecule has 1 saturated heterocycles. The number of nitrogens with one attached hydrogen (secondary N) is 1. The molecule has 5 rings (SSSR count). The van der Waals surface area contributed by atoms with Gasteiger partial charge in [0.15, 0.2) is 0 Å². The monoisotopic (exact) mass is 451 g/mol. The van der Waals surface area contributed by atoms with Crippen LogP contribution in [0.2, 0.25) is 0 Å². The van der Waals surface area contributed by atoms with Crippen molar-refractivity contribution in [1.29, 1.82) is 0 Å². The highest BCUT2D eigenvalue weighted by atomic mass is 31.2. The summed E-state index contributed by atoms with van der Waals surface area (Å²) in [5.41, 5.74) is 4.04. The Hall–Kier alpha value is -3.23. The van der Waals surface area contributed by atoms with E-state index in [9.17, 15) is 4.57 Å². The third-order valence-corrected chi connectivity index (χ3v) is 8.24. The van der Waals surface area contributed by atoms with Crippen LogP contribution in [0.25, 0.3) is 6.08 Å². The van der Waals surface area contributed by atoms with Crippen LogP contribution < -0.4 is 5.32 Å². The van der Waals surface area contributed by atoms with Gasteiger partial charge in [-0.1, -0.05) is 121 Å². The molecule has 0 bridgehead atoms. The summed E-state index contributed by atoms with van der Waals surface area (Å²) in [6.45, 7) is 0. The van der Waals surface area contributed by atoms with E-state index < -0.39 is 13.2 Å². The van der Waals surface area contributed by atoms with E-state index in [4.69, 9.17) is 4.52 Å². The van der Waals surface area contributed by atoms with E-state index in [0.717, 1.165) is 22.3 Å². The molecule has 0 saturated carbocycles. The van der Waals surface area contributed by atoms with Crippen molar-refractivity contribution in [1.82, 2.24) is 5.32 Å². The molecule has 4 heteroatoms. The summed E-state index contributed by atoms with van der Waals surface area (Å²) in [5.74, 6) is 1.31. The molecule has 0 unspecified atom stereocenters. The molecule has 1 aliphatic heterocycles. The van der Waals surface area contributed by atoms with Gasteiger partial charge in [-0.25, -0.2) is 0 Å². The molecule has 0 aromatic heterocycles. The fourth-order valence-corrected chi connectivity index (χ4v) is 6.60. The van der Waals surface area contributed by atoms with E-state index in [0.29, 0.717) is 0 Å². The van der Waals surface area contributed by atoms with Gasteiger partial charge in [0.25, 0.3) is 0 Å². The molecule has 33 heavy (non-hydrogen) atoms. The van der Waals surface area contributed by atoms with Crippen LogP contribution in [-0.2, 0) is 9.09 Å². The summed E-state index contributed by atoms with van der Waals surface area (Å²) in [6.07, 6.45) is 1.52. The molecule has 0 spiro atoms. The zero-order chi connectivity index (χ0) is 22.5. The first-order valence-electron chi connectivity index (χ1n) is 11.2. The molecule has 1 aliphatic rings. The quantitative estimate of drug-likeness (QED) is 0.316. The van der Waals surface area contributed by atoms with Crippen LogP contribution in [0.15, 0.2) is 127 Å². The second-order valence-corrected chi connectivity index (χ2v) is 10.5. The van der Waals surface area contributed by atoms with Gasteiger partial charge >= 0.3 is 0 Å². The second-order valence-electron chi connectivity index (χ2n) is 8.18. The van der Waals surface area contributed by atoms with Crippen molar-refractivity contribution in [2.24, 2.45) is 0 Å². The maximum atomic E-state index is 14.5. The summed E-state index contributed by atoms with van der Waals surface area (Å²) in [4.78, 5) is 0. The van der Waals surface area contributed by atoms with E-state index in [-0.39, 0.29) is 12.1 Å². The maximum Gasteiger partial charge on any atom is 0.246 e.